The van der Waals surface area contributed by atoms with Gasteiger partial charge in [-0.25, -0.2) is 9.97 Å². The van der Waals surface area contributed by atoms with Crippen molar-refractivity contribution in [3.63, 3.8) is 0 Å². The standard InChI is InChI=1S/C31H31F3N8O2/c1-18-9-14-42-27-21(3-2-12-41-13-10-22(17-41)30(44)38-18)16-37-28(35)25(27)26(40-42)19-4-6-20(7-5-19)29(43)39-24-15-23(8-11-36-24)31(32,33)34/h2-8,11,15-16,18,22H,9-10,12-14,17H2,1H3,(H2,35,37)(H,38,44)(H,36,39,43)/b3-2+/t18-,22-/m1/s1. The molecule has 3 atom stereocenters. The zero-order valence-electron chi connectivity index (χ0n) is 23.9. The van der Waals surface area contributed by atoms with Gasteiger partial charge in [-0.15, -0.1) is 0 Å². The molecule has 0 aliphatic carbocycles. The van der Waals surface area contributed by atoms with Gasteiger partial charge in [0.2, 0.25) is 5.91 Å². The van der Waals surface area contributed by atoms with E-state index in [9.17, 15) is 22.8 Å². The van der Waals surface area contributed by atoms with Crippen LogP contribution in [0.3, 0.4) is 0 Å². The number of carbonyl (C=O) groups is 2. The second-order valence-corrected chi connectivity index (χ2v) is 11.2. The van der Waals surface area contributed by atoms with E-state index in [2.05, 4.69) is 31.6 Å². The first-order chi connectivity index (χ1) is 21.1. The van der Waals surface area contributed by atoms with Gasteiger partial charge in [-0.05, 0) is 50.6 Å². The summed E-state index contributed by atoms with van der Waals surface area (Å²) in [5, 5.41) is 11.2. The largest absolute Gasteiger partial charge is 0.416 e. The number of nitrogens with zero attached hydrogens (tertiary/aromatic N) is 5. The van der Waals surface area contributed by atoms with Gasteiger partial charge in [0.15, 0.2) is 0 Å². The average molecular weight is 605 g/mol. The molecule has 10 nitrogen and oxygen atoms in total. The summed E-state index contributed by atoms with van der Waals surface area (Å²) in [6.45, 7) is 4.79. The highest BCUT2D eigenvalue weighted by Crippen LogP contribution is 2.35. The summed E-state index contributed by atoms with van der Waals surface area (Å²) in [6.07, 6.45) is 3.73. The first-order valence-corrected chi connectivity index (χ1v) is 14.4. The molecular weight excluding hydrogens is 573 g/mol. The van der Waals surface area contributed by atoms with E-state index in [0.29, 0.717) is 42.0 Å². The van der Waals surface area contributed by atoms with Crippen LogP contribution in [0.15, 0.2) is 54.9 Å². The van der Waals surface area contributed by atoms with Crippen molar-refractivity contribution in [2.45, 2.75) is 38.5 Å². The number of fused-ring (bicyclic) bond motifs is 2. The summed E-state index contributed by atoms with van der Waals surface area (Å²) < 4.78 is 41.1. The van der Waals surface area contributed by atoms with Gasteiger partial charge in [0, 0.05) is 54.8 Å². The number of nitrogen functional groups attached to an aromatic ring is 1. The highest BCUT2D eigenvalue weighted by Gasteiger charge is 2.31. The van der Waals surface area contributed by atoms with Gasteiger partial charge in [-0.1, -0.05) is 24.3 Å². The Balaban J connectivity index is 1.31. The number of benzene rings is 1. The molecule has 4 aromatic rings. The Morgan fingerprint density at radius 1 is 1.11 bits per heavy atom. The van der Waals surface area contributed by atoms with Crippen molar-refractivity contribution in [3.8, 4) is 11.3 Å². The second kappa shape index (κ2) is 11.7. The molecule has 0 spiro atoms. The van der Waals surface area contributed by atoms with Gasteiger partial charge in [0.05, 0.1) is 22.4 Å². The molecule has 13 heteroatoms. The van der Waals surface area contributed by atoms with Gasteiger partial charge < -0.3 is 16.4 Å². The van der Waals surface area contributed by atoms with Crippen LogP contribution in [0.2, 0.25) is 0 Å². The molecule has 0 saturated carbocycles. The summed E-state index contributed by atoms with van der Waals surface area (Å²) in [7, 11) is 0. The van der Waals surface area contributed by atoms with Gasteiger partial charge >= 0.3 is 6.18 Å². The minimum absolute atomic E-state index is 0.0167. The van der Waals surface area contributed by atoms with Crippen molar-refractivity contribution in [3.05, 3.63) is 71.6 Å². The van der Waals surface area contributed by atoms with Crippen molar-refractivity contribution in [1.82, 2.24) is 30.0 Å². The Labute approximate surface area is 251 Å². The molecule has 0 radical (unpaired) electrons. The van der Waals surface area contributed by atoms with Gasteiger partial charge in [0.25, 0.3) is 5.91 Å². The monoisotopic (exact) mass is 604 g/mol. The fraction of sp³-hybridized carbons (Fsp3) is 0.323. The van der Waals surface area contributed by atoms with E-state index in [4.69, 9.17) is 10.8 Å². The molecule has 1 saturated heterocycles. The summed E-state index contributed by atoms with van der Waals surface area (Å²) >= 11 is 0. The Hall–Kier alpha value is -4.78. The fourth-order valence-corrected chi connectivity index (χ4v) is 5.68. The van der Waals surface area contributed by atoms with E-state index in [1.165, 1.54) is 0 Å². The van der Waals surface area contributed by atoms with E-state index in [1.807, 2.05) is 17.7 Å². The maximum atomic E-state index is 13.1. The number of carbonyl (C=O) groups excluding carboxylic acids is 2. The smallest absolute Gasteiger partial charge is 0.383 e. The van der Waals surface area contributed by atoms with Crippen LogP contribution < -0.4 is 16.4 Å². The zero-order valence-corrected chi connectivity index (χ0v) is 23.9. The summed E-state index contributed by atoms with van der Waals surface area (Å²) in [4.78, 5) is 36.2. The number of nitrogens with two attached hydrogens (primary N) is 1. The van der Waals surface area contributed by atoms with Crippen LogP contribution in [-0.2, 0) is 17.5 Å². The Bertz CT molecular complexity index is 1750. The lowest BCUT2D eigenvalue weighted by Gasteiger charge is -2.18. The summed E-state index contributed by atoms with van der Waals surface area (Å²) in [6, 6.07) is 8.09. The molecule has 2 amide bonds. The molecule has 2 bridgehead atoms. The van der Waals surface area contributed by atoms with Crippen LogP contribution in [0.4, 0.5) is 24.8 Å². The van der Waals surface area contributed by atoms with Crippen molar-refractivity contribution in [2.75, 3.05) is 30.7 Å². The van der Waals surface area contributed by atoms with Crippen LogP contribution in [0.5, 0.6) is 0 Å². The third-order valence-corrected chi connectivity index (χ3v) is 8.04. The number of hydrogen-bond acceptors (Lipinski definition) is 7. The number of pyridine rings is 2. The van der Waals surface area contributed by atoms with Crippen molar-refractivity contribution in [2.24, 2.45) is 5.92 Å². The Kier molecular flexibility index (Phi) is 7.80. The first kappa shape index (κ1) is 29.3. The molecule has 2 aliphatic heterocycles. The maximum absolute atomic E-state index is 13.1. The van der Waals surface area contributed by atoms with Crippen molar-refractivity contribution in [1.29, 1.82) is 0 Å². The van der Waals surface area contributed by atoms with Crippen LogP contribution in [0, 0.1) is 5.92 Å². The molecule has 4 N–H and O–H groups in total. The Morgan fingerprint density at radius 3 is 2.68 bits per heavy atom. The zero-order chi connectivity index (χ0) is 31.0. The lowest BCUT2D eigenvalue weighted by molar-refractivity contribution is -0.137. The average Bonchev–Trinajstić information content (AvgIpc) is 3.63. The topological polar surface area (TPSA) is 131 Å². The molecule has 1 aromatic carbocycles. The quantitative estimate of drug-likeness (QED) is 0.312. The van der Waals surface area contributed by atoms with Crippen molar-refractivity contribution < 1.29 is 22.8 Å². The minimum atomic E-state index is -4.55. The number of hydrogen-bond donors (Lipinski definition) is 3. The van der Waals surface area contributed by atoms with E-state index in [1.54, 1.807) is 30.5 Å². The van der Waals surface area contributed by atoms with E-state index in [0.717, 1.165) is 48.9 Å². The van der Waals surface area contributed by atoms with Crippen LogP contribution in [-0.4, -0.2) is 62.1 Å². The third-order valence-electron chi connectivity index (χ3n) is 8.04. The molecule has 5 heterocycles. The highest BCUT2D eigenvalue weighted by molar-refractivity contribution is 6.06. The highest BCUT2D eigenvalue weighted by atomic mass is 19.4. The number of amides is 2. The molecule has 228 valence electrons. The second-order valence-electron chi connectivity index (χ2n) is 11.2. The number of halogens is 3. The molecule has 1 fully saturated rings. The molecule has 6 rings (SSSR count). The lowest BCUT2D eigenvalue weighted by Crippen LogP contribution is -2.39. The number of aromatic nitrogens is 4. The van der Waals surface area contributed by atoms with Gasteiger partial charge in [-0.3, -0.25) is 19.2 Å². The van der Waals surface area contributed by atoms with E-state index >= 15 is 0 Å². The minimum Gasteiger partial charge on any atom is -0.383 e. The van der Waals surface area contributed by atoms with Crippen molar-refractivity contribution >= 4 is 40.4 Å². The number of aryl methyl sites for hydroxylation is 1. The predicted molar refractivity (Wildman–Crippen MR) is 160 cm³/mol. The fourth-order valence-electron chi connectivity index (χ4n) is 5.68. The maximum Gasteiger partial charge on any atom is 0.416 e. The number of anilines is 2. The summed E-state index contributed by atoms with van der Waals surface area (Å²) in [5.74, 6) is -0.444. The predicted octanol–water partition coefficient (Wildman–Crippen LogP) is 4.59. The van der Waals surface area contributed by atoms with Crippen LogP contribution in [0.1, 0.15) is 41.3 Å². The molecule has 2 aliphatic rings. The first-order valence-electron chi connectivity index (χ1n) is 14.4. The molecular formula is C31H31F3N8O2. The van der Waals surface area contributed by atoms with Gasteiger partial charge in [0.1, 0.15) is 17.3 Å². The summed E-state index contributed by atoms with van der Waals surface area (Å²) in [5.41, 5.74) is 8.67. The van der Waals surface area contributed by atoms with Crippen LogP contribution in [0.25, 0.3) is 28.2 Å². The van der Waals surface area contributed by atoms with E-state index in [-0.39, 0.29) is 29.2 Å². The number of alkyl halides is 3. The normalized spacial score (nSPS) is 21.5. The third kappa shape index (κ3) is 6.00. The van der Waals surface area contributed by atoms with Gasteiger partial charge in [-0.2, -0.15) is 18.3 Å². The number of nitrogens with one attached hydrogen (secondary N) is 2. The SMILES string of the molecule is C[C@@H]1CCn2nc(-c3ccc(C(=O)Nc4cc(C(F)(F)F)ccn4)cc3)c3c(N)ncc(c32)/C=C/CN2CC[C@H](C2)C(=O)N1. The van der Waals surface area contributed by atoms with Crippen LogP contribution >= 0.6 is 0 Å². The van der Waals surface area contributed by atoms with E-state index < -0.39 is 17.6 Å². The molecule has 44 heavy (non-hydrogen) atoms. The lowest BCUT2D eigenvalue weighted by atomic mass is 10.0. The number of rotatable bonds is 3. The molecule has 3 aromatic heterocycles. The Morgan fingerprint density at radius 2 is 1.91 bits per heavy atom. The molecule has 1 unspecified atom stereocenters.